The van der Waals surface area contributed by atoms with Gasteiger partial charge in [-0.3, -0.25) is 9.59 Å². The topological polar surface area (TPSA) is 158 Å². The second kappa shape index (κ2) is 14.6. The number of likely N-dealkylation sites (N-methyl/N-ethyl adjacent to an activating group) is 1. The molecule has 0 saturated carbocycles. The Balaban J connectivity index is 1.62. The normalized spacial score (nSPS) is 20.7. The van der Waals surface area contributed by atoms with Gasteiger partial charge in [0.15, 0.2) is 0 Å². The van der Waals surface area contributed by atoms with E-state index >= 15 is 0 Å². The Hall–Kier alpha value is -3.13. The van der Waals surface area contributed by atoms with Crippen LogP contribution in [-0.2, 0) is 16.1 Å². The van der Waals surface area contributed by atoms with Gasteiger partial charge in [-0.2, -0.15) is 0 Å². The lowest BCUT2D eigenvalue weighted by atomic mass is 9.90. The number of hydrogen-bond donors (Lipinski definition) is 6. The van der Waals surface area contributed by atoms with Gasteiger partial charge in [0.2, 0.25) is 11.8 Å². The van der Waals surface area contributed by atoms with E-state index in [-0.39, 0.29) is 18.9 Å². The van der Waals surface area contributed by atoms with Gasteiger partial charge in [-0.05, 0) is 48.9 Å². The van der Waals surface area contributed by atoms with Gasteiger partial charge >= 0.3 is 0 Å². The summed E-state index contributed by atoms with van der Waals surface area (Å²) in [7, 11) is 1.45. The van der Waals surface area contributed by atoms with Crippen molar-refractivity contribution < 1.29 is 35.1 Å². The number of aliphatic hydroxyl groups excluding tert-OH is 5. The largest absolute Gasteiger partial charge is 0.394 e. The fourth-order valence-corrected chi connectivity index (χ4v) is 7.85. The van der Waals surface area contributed by atoms with Crippen molar-refractivity contribution >= 4 is 57.7 Å². The van der Waals surface area contributed by atoms with Gasteiger partial charge in [-0.25, -0.2) is 0 Å². The number of H-pyrrole nitrogens is 1. The van der Waals surface area contributed by atoms with E-state index in [1.807, 2.05) is 49.4 Å². The first-order valence-electron chi connectivity index (χ1n) is 15.0. The van der Waals surface area contributed by atoms with Crippen LogP contribution in [0.1, 0.15) is 29.2 Å². The number of aliphatic hydroxyl groups is 5. The lowest BCUT2D eigenvalue weighted by Gasteiger charge is -2.39. The number of rotatable bonds is 12. The summed E-state index contributed by atoms with van der Waals surface area (Å²) in [6, 6.07) is 19.3. The fraction of sp³-hybridized carbons (Fsp3) is 0.353. The van der Waals surface area contributed by atoms with Gasteiger partial charge in [0.05, 0.1) is 19.1 Å². The van der Waals surface area contributed by atoms with Crippen molar-refractivity contribution in [2.45, 2.75) is 60.0 Å². The molecule has 6 unspecified atom stereocenters. The Morgan fingerprint density at radius 2 is 1.64 bits per heavy atom. The third-order valence-corrected chi connectivity index (χ3v) is 10.4. The predicted molar refractivity (Wildman–Crippen MR) is 181 cm³/mol. The molecular weight excluding hydrogens is 665 g/mol. The molecule has 1 fully saturated rings. The Bertz CT molecular complexity index is 1720. The molecule has 3 aromatic carbocycles. The Kier molecular flexibility index (Phi) is 10.9. The minimum atomic E-state index is -1.87. The summed E-state index contributed by atoms with van der Waals surface area (Å²) in [5.41, 5.74) is 3.25. The van der Waals surface area contributed by atoms with Gasteiger partial charge in [-0.15, -0.1) is 11.8 Å². The number of nitrogens with one attached hydrogen (secondary N) is 1. The van der Waals surface area contributed by atoms with Crippen LogP contribution < -0.4 is 0 Å². The van der Waals surface area contributed by atoms with Crippen molar-refractivity contribution in [2.24, 2.45) is 0 Å². The van der Waals surface area contributed by atoms with Gasteiger partial charge in [0, 0.05) is 57.7 Å². The molecular formula is C34H37Cl2N3O7S. The van der Waals surface area contributed by atoms with Crippen LogP contribution in [-0.4, -0.2) is 101 Å². The fourth-order valence-electron chi connectivity index (χ4n) is 6.05. The SMILES string of the molecule is Cc1ccc(SC2(C(=O)N(C)CC(O)C(O)C(O)C(O)CO)CC(=O)N(Cc3ccc(Cl)cc3)C2c2c[nH]c3cc(Cl)ccc23)cc1. The number of fused-ring (bicyclic) bond motifs is 1. The number of carbonyl (C=O) groups excluding carboxylic acids is 2. The van der Waals surface area contributed by atoms with E-state index in [0.29, 0.717) is 15.6 Å². The van der Waals surface area contributed by atoms with Gasteiger partial charge in [-0.1, -0.05) is 59.1 Å². The monoisotopic (exact) mass is 701 g/mol. The van der Waals surface area contributed by atoms with E-state index in [2.05, 4.69) is 4.98 Å². The van der Waals surface area contributed by atoms with E-state index in [9.17, 15) is 35.1 Å². The van der Waals surface area contributed by atoms with Crippen molar-refractivity contribution in [3.05, 3.63) is 99.7 Å². The first-order valence-corrected chi connectivity index (χ1v) is 16.6. The number of halogens is 2. The standard InChI is InChI=1S/C34H37Cl2N3O7S/c1-19-3-10-23(11-4-19)47-34(33(46)38(2)17-27(41)30(44)31(45)28(42)18-40)14-29(43)39(16-20-5-7-21(35)8-6-20)32(34)25-15-37-26-13-22(36)9-12-24(25)26/h3-13,15,27-28,30-32,37,40-42,44-45H,14,16-18H2,1-2H3. The highest BCUT2D eigenvalue weighted by atomic mass is 35.5. The molecule has 47 heavy (non-hydrogen) atoms. The van der Waals surface area contributed by atoms with Gasteiger partial charge in [0.1, 0.15) is 29.2 Å². The molecule has 0 radical (unpaired) electrons. The molecule has 5 rings (SSSR count). The summed E-state index contributed by atoms with van der Waals surface area (Å²) >= 11 is 13.7. The van der Waals surface area contributed by atoms with Gasteiger partial charge < -0.3 is 40.3 Å². The molecule has 10 nitrogen and oxygen atoms in total. The number of likely N-dealkylation sites (tertiary alicyclic amines) is 1. The number of hydrogen-bond acceptors (Lipinski definition) is 8. The average Bonchev–Trinajstić information content (AvgIpc) is 3.58. The second-order valence-corrected chi connectivity index (χ2v) is 14.2. The minimum Gasteiger partial charge on any atom is -0.394 e. The molecule has 1 aliphatic rings. The molecule has 6 atom stereocenters. The molecule has 13 heteroatoms. The first kappa shape index (κ1) is 35.2. The quantitative estimate of drug-likeness (QED) is 0.131. The number of aromatic amines is 1. The lowest BCUT2D eigenvalue weighted by Crippen LogP contribution is -2.54. The van der Waals surface area contributed by atoms with Crippen LogP contribution in [0.4, 0.5) is 0 Å². The number of nitrogens with zero attached hydrogens (tertiary/aromatic N) is 2. The molecule has 2 amide bonds. The van der Waals surface area contributed by atoms with Crippen LogP contribution in [0.15, 0.2) is 77.8 Å². The van der Waals surface area contributed by atoms with Crippen LogP contribution in [0.2, 0.25) is 10.0 Å². The lowest BCUT2D eigenvalue weighted by molar-refractivity contribution is -0.140. The minimum absolute atomic E-state index is 0.181. The smallest absolute Gasteiger partial charge is 0.242 e. The molecule has 0 bridgehead atoms. The zero-order valence-corrected chi connectivity index (χ0v) is 28.1. The van der Waals surface area contributed by atoms with Crippen molar-refractivity contribution in [3.8, 4) is 0 Å². The predicted octanol–water partition coefficient (Wildman–Crippen LogP) is 3.68. The summed E-state index contributed by atoms with van der Waals surface area (Å²) in [4.78, 5) is 35.9. The molecule has 1 saturated heterocycles. The maximum absolute atomic E-state index is 14.9. The third kappa shape index (κ3) is 7.33. The molecule has 0 aliphatic carbocycles. The van der Waals surface area contributed by atoms with Crippen LogP contribution in [0.25, 0.3) is 10.9 Å². The van der Waals surface area contributed by atoms with Crippen LogP contribution in [0.5, 0.6) is 0 Å². The van der Waals surface area contributed by atoms with Crippen LogP contribution in [0.3, 0.4) is 0 Å². The van der Waals surface area contributed by atoms with Crippen molar-refractivity contribution in [3.63, 3.8) is 0 Å². The Morgan fingerprint density at radius 3 is 2.30 bits per heavy atom. The summed E-state index contributed by atoms with van der Waals surface area (Å²) in [6.07, 6.45) is -5.51. The molecule has 0 spiro atoms. The molecule has 1 aromatic heterocycles. The first-order chi connectivity index (χ1) is 22.3. The maximum Gasteiger partial charge on any atom is 0.242 e. The van der Waals surface area contributed by atoms with E-state index < -0.39 is 54.3 Å². The number of benzene rings is 3. The number of thioether (sulfide) groups is 1. The molecule has 4 aromatic rings. The zero-order chi connectivity index (χ0) is 34.0. The number of aryl methyl sites for hydroxylation is 1. The molecule has 6 N–H and O–H groups in total. The highest BCUT2D eigenvalue weighted by molar-refractivity contribution is 8.01. The third-order valence-electron chi connectivity index (χ3n) is 8.54. The highest BCUT2D eigenvalue weighted by Gasteiger charge is 2.59. The van der Waals surface area contributed by atoms with E-state index in [4.69, 9.17) is 23.2 Å². The maximum atomic E-state index is 14.9. The molecule has 1 aliphatic heterocycles. The number of amides is 2. The summed E-state index contributed by atoms with van der Waals surface area (Å²) < 4.78 is -1.46. The van der Waals surface area contributed by atoms with E-state index in [1.165, 1.54) is 23.7 Å². The second-order valence-electron chi connectivity index (χ2n) is 12.0. The van der Waals surface area contributed by atoms with Crippen molar-refractivity contribution in [1.29, 1.82) is 0 Å². The number of carbonyl (C=O) groups is 2. The summed E-state index contributed by atoms with van der Waals surface area (Å²) in [5, 5.41) is 52.4. The van der Waals surface area contributed by atoms with Gasteiger partial charge in [0.25, 0.3) is 0 Å². The van der Waals surface area contributed by atoms with E-state index in [1.54, 1.807) is 35.4 Å². The Morgan fingerprint density at radius 1 is 1.00 bits per heavy atom. The number of aromatic nitrogens is 1. The summed E-state index contributed by atoms with van der Waals surface area (Å²) in [6.45, 7) is 0.859. The van der Waals surface area contributed by atoms with Crippen LogP contribution in [0, 0.1) is 6.92 Å². The van der Waals surface area contributed by atoms with E-state index in [0.717, 1.165) is 26.9 Å². The summed E-state index contributed by atoms with van der Waals surface area (Å²) in [5.74, 6) is -0.761. The highest BCUT2D eigenvalue weighted by Crippen LogP contribution is 2.55. The van der Waals surface area contributed by atoms with Crippen molar-refractivity contribution in [1.82, 2.24) is 14.8 Å². The Labute approximate surface area is 286 Å². The van der Waals surface area contributed by atoms with Crippen LogP contribution >= 0.6 is 35.0 Å². The van der Waals surface area contributed by atoms with Crippen molar-refractivity contribution in [2.75, 3.05) is 20.2 Å². The molecule has 250 valence electrons. The zero-order valence-electron chi connectivity index (χ0n) is 25.8. The average molecular weight is 703 g/mol. The molecule has 2 heterocycles.